The number of hydrogen-bond donors (Lipinski definition) is 0. The van der Waals surface area contributed by atoms with Crippen LogP contribution in [0.2, 0.25) is 0 Å². The van der Waals surface area contributed by atoms with Crippen LogP contribution in [0.4, 0.5) is 0 Å². The zero-order valence-corrected chi connectivity index (χ0v) is 10.0. The van der Waals surface area contributed by atoms with Crippen LogP contribution in [-0.4, -0.2) is 11.5 Å². The molecule has 1 aliphatic rings. The molecule has 0 fully saturated rings. The van der Waals surface area contributed by atoms with Gasteiger partial charge in [-0.3, -0.25) is 4.79 Å². The smallest absolute Gasteiger partial charge is 0.132 e. The molecule has 0 aromatic heterocycles. The van der Waals surface area contributed by atoms with E-state index in [1.165, 1.54) is 10.5 Å². The Morgan fingerprint density at radius 3 is 3.00 bits per heavy atom. The van der Waals surface area contributed by atoms with Crippen molar-refractivity contribution >= 4 is 17.5 Å². The van der Waals surface area contributed by atoms with Crippen LogP contribution >= 0.6 is 11.8 Å². The standard InChI is InChI=1S/C13H16OS/c1-9(10(2)14)7-11-8-15-13-6-4-3-5-12(11)13/h3-6,9,11H,7-8H2,1-2H3. The van der Waals surface area contributed by atoms with Crippen molar-refractivity contribution in [2.75, 3.05) is 5.75 Å². The number of Topliss-reactive ketones (excluding diaryl/α,β-unsaturated/α-hetero) is 1. The van der Waals surface area contributed by atoms with Crippen LogP contribution < -0.4 is 0 Å². The Balaban J connectivity index is 2.11. The van der Waals surface area contributed by atoms with Crippen molar-refractivity contribution in [3.05, 3.63) is 29.8 Å². The van der Waals surface area contributed by atoms with E-state index in [9.17, 15) is 4.79 Å². The molecule has 0 amide bonds. The average molecular weight is 220 g/mol. The molecule has 1 nitrogen and oxygen atoms in total. The third-order valence-corrected chi connectivity index (χ3v) is 4.38. The molecule has 0 bridgehead atoms. The first kappa shape index (κ1) is 10.7. The van der Waals surface area contributed by atoms with Gasteiger partial charge < -0.3 is 0 Å². The fourth-order valence-corrected chi connectivity index (χ4v) is 3.29. The monoisotopic (exact) mass is 220 g/mol. The van der Waals surface area contributed by atoms with E-state index < -0.39 is 0 Å². The van der Waals surface area contributed by atoms with Crippen LogP contribution in [0, 0.1) is 5.92 Å². The van der Waals surface area contributed by atoms with Gasteiger partial charge >= 0.3 is 0 Å². The van der Waals surface area contributed by atoms with E-state index >= 15 is 0 Å². The number of thioether (sulfide) groups is 1. The van der Waals surface area contributed by atoms with Gasteiger partial charge in [0, 0.05) is 16.6 Å². The van der Waals surface area contributed by atoms with Gasteiger partial charge in [-0.15, -0.1) is 11.8 Å². The highest BCUT2D eigenvalue weighted by Gasteiger charge is 2.25. The Kier molecular flexibility index (Phi) is 3.15. The van der Waals surface area contributed by atoms with Gasteiger partial charge in [-0.05, 0) is 30.9 Å². The molecule has 2 atom stereocenters. The summed E-state index contributed by atoms with van der Waals surface area (Å²) >= 11 is 1.92. The van der Waals surface area contributed by atoms with Crippen molar-refractivity contribution in [3.63, 3.8) is 0 Å². The van der Waals surface area contributed by atoms with E-state index in [0.29, 0.717) is 11.7 Å². The van der Waals surface area contributed by atoms with Crippen LogP contribution in [0.1, 0.15) is 31.7 Å². The Morgan fingerprint density at radius 2 is 2.27 bits per heavy atom. The van der Waals surface area contributed by atoms with Crippen molar-refractivity contribution in [3.8, 4) is 0 Å². The van der Waals surface area contributed by atoms with Gasteiger partial charge in [0.1, 0.15) is 5.78 Å². The molecule has 0 saturated carbocycles. The van der Waals surface area contributed by atoms with Gasteiger partial charge in [0.2, 0.25) is 0 Å². The maximum absolute atomic E-state index is 11.2. The molecule has 0 saturated heterocycles. The lowest BCUT2D eigenvalue weighted by Gasteiger charge is -2.14. The highest BCUT2D eigenvalue weighted by molar-refractivity contribution is 7.99. The normalized spacial score (nSPS) is 21.1. The fraction of sp³-hybridized carbons (Fsp3) is 0.462. The maximum atomic E-state index is 11.2. The van der Waals surface area contributed by atoms with Gasteiger partial charge in [-0.2, -0.15) is 0 Å². The predicted molar refractivity (Wildman–Crippen MR) is 64.4 cm³/mol. The first-order valence-corrected chi connectivity index (χ1v) is 6.39. The van der Waals surface area contributed by atoms with Gasteiger partial charge in [0.05, 0.1) is 0 Å². The van der Waals surface area contributed by atoms with Crippen molar-refractivity contribution in [2.45, 2.75) is 31.1 Å². The molecule has 0 radical (unpaired) electrons. The first-order valence-electron chi connectivity index (χ1n) is 5.40. The molecule has 1 aromatic carbocycles. The Bertz CT molecular complexity index is 373. The molecule has 1 heterocycles. The van der Waals surface area contributed by atoms with Crippen LogP contribution in [0.3, 0.4) is 0 Å². The lowest BCUT2D eigenvalue weighted by Crippen LogP contribution is -2.11. The zero-order valence-electron chi connectivity index (χ0n) is 9.19. The quantitative estimate of drug-likeness (QED) is 0.775. The summed E-state index contributed by atoms with van der Waals surface area (Å²) in [4.78, 5) is 12.6. The average Bonchev–Trinajstić information content (AvgIpc) is 2.62. The summed E-state index contributed by atoms with van der Waals surface area (Å²) in [6.07, 6.45) is 0.999. The minimum Gasteiger partial charge on any atom is -0.300 e. The Morgan fingerprint density at radius 1 is 1.53 bits per heavy atom. The molecule has 2 heteroatoms. The van der Waals surface area contributed by atoms with Gasteiger partial charge in [0.15, 0.2) is 0 Å². The molecule has 80 valence electrons. The first-order chi connectivity index (χ1) is 7.18. The Labute approximate surface area is 95.3 Å². The van der Waals surface area contributed by atoms with Crippen molar-refractivity contribution < 1.29 is 4.79 Å². The molecule has 15 heavy (non-hydrogen) atoms. The molecular weight excluding hydrogens is 204 g/mol. The van der Waals surface area contributed by atoms with Crippen LogP contribution in [0.15, 0.2) is 29.2 Å². The number of rotatable bonds is 3. The lowest BCUT2D eigenvalue weighted by molar-refractivity contribution is -0.120. The second kappa shape index (κ2) is 4.40. The van der Waals surface area contributed by atoms with Crippen LogP contribution in [0.5, 0.6) is 0 Å². The second-order valence-electron chi connectivity index (χ2n) is 4.29. The number of ketones is 1. The van der Waals surface area contributed by atoms with E-state index in [-0.39, 0.29) is 5.92 Å². The summed E-state index contributed by atoms with van der Waals surface area (Å²) in [5.41, 5.74) is 1.44. The highest BCUT2D eigenvalue weighted by Crippen LogP contribution is 2.42. The number of fused-ring (bicyclic) bond motifs is 1. The van der Waals surface area contributed by atoms with E-state index in [4.69, 9.17) is 0 Å². The summed E-state index contributed by atoms with van der Waals surface area (Å²) in [5, 5.41) is 0. The van der Waals surface area contributed by atoms with Gasteiger partial charge in [-0.1, -0.05) is 25.1 Å². The van der Waals surface area contributed by atoms with E-state index in [1.54, 1.807) is 6.92 Å². The van der Waals surface area contributed by atoms with Crippen molar-refractivity contribution in [1.82, 2.24) is 0 Å². The van der Waals surface area contributed by atoms with Crippen molar-refractivity contribution in [2.24, 2.45) is 5.92 Å². The zero-order chi connectivity index (χ0) is 10.8. The molecule has 0 N–H and O–H groups in total. The number of carbonyl (C=O) groups is 1. The van der Waals surface area contributed by atoms with E-state index in [1.807, 2.05) is 18.7 Å². The third-order valence-electron chi connectivity index (χ3n) is 3.13. The van der Waals surface area contributed by atoms with Crippen molar-refractivity contribution in [1.29, 1.82) is 0 Å². The lowest BCUT2D eigenvalue weighted by atomic mass is 9.89. The number of hydrogen-bond acceptors (Lipinski definition) is 2. The molecular formula is C13H16OS. The largest absolute Gasteiger partial charge is 0.300 e. The SMILES string of the molecule is CC(=O)C(C)CC1CSc2ccccc21. The molecule has 1 aromatic rings. The van der Waals surface area contributed by atoms with Crippen LogP contribution in [-0.2, 0) is 4.79 Å². The summed E-state index contributed by atoms with van der Waals surface area (Å²) in [6, 6.07) is 8.56. The summed E-state index contributed by atoms with van der Waals surface area (Å²) in [7, 11) is 0. The van der Waals surface area contributed by atoms with Gasteiger partial charge in [0.25, 0.3) is 0 Å². The predicted octanol–water partition coefficient (Wildman–Crippen LogP) is 3.49. The van der Waals surface area contributed by atoms with Gasteiger partial charge in [-0.25, -0.2) is 0 Å². The summed E-state index contributed by atoms with van der Waals surface area (Å²) in [6.45, 7) is 3.73. The number of carbonyl (C=O) groups excluding carboxylic acids is 1. The topological polar surface area (TPSA) is 17.1 Å². The summed E-state index contributed by atoms with van der Waals surface area (Å²) < 4.78 is 0. The fourth-order valence-electron chi connectivity index (χ4n) is 2.02. The minimum atomic E-state index is 0.196. The molecule has 0 aliphatic carbocycles. The molecule has 2 rings (SSSR count). The second-order valence-corrected chi connectivity index (χ2v) is 5.35. The Hall–Kier alpha value is -0.760. The van der Waals surface area contributed by atoms with E-state index in [0.717, 1.165) is 12.2 Å². The highest BCUT2D eigenvalue weighted by atomic mass is 32.2. The number of benzene rings is 1. The minimum absolute atomic E-state index is 0.196. The molecule has 2 unspecified atom stereocenters. The molecule has 1 aliphatic heterocycles. The third kappa shape index (κ3) is 2.25. The molecule has 0 spiro atoms. The summed E-state index contributed by atoms with van der Waals surface area (Å²) in [5.74, 6) is 2.22. The van der Waals surface area contributed by atoms with E-state index in [2.05, 4.69) is 24.3 Å². The van der Waals surface area contributed by atoms with Crippen LogP contribution in [0.25, 0.3) is 0 Å². The maximum Gasteiger partial charge on any atom is 0.132 e.